The molecule has 0 aliphatic carbocycles. The Morgan fingerprint density at radius 3 is 2.62 bits per heavy atom. The molecule has 1 aromatic heterocycles. The van der Waals surface area contributed by atoms with Crippen LogP contribution in [0.1, 0.15) is 27.2 Å². The fraction of sp³-hybridized carbons (Fsp3) is 0.227. The third kappa shape index (κ3) is 4.29. The topological polar surface area (TPSA) is 95.5 Å². The number of nitrogens with zero attached hydrogens (tertiary/aromatic N) is 2. The summed E-state index contributed by atoms with van der Waals surface area (Å²) in [6, 6.07) is 12.9. The zero-order valence-corrected chi connectivity index (χ0v) is 16.8. The summed E-state index contributed by atoms with van der Waals surface area (Å²) in [5, 5.41) is 10.2. The molecule has 7 heteroatoms. The summed E-state index contributed by atoms with van der Waals surface area (Å²) in [5.74, 6) is -0.489. The molecule has 0 saturated heterocycles. The van der Waals surface area contributed by atoms with Crippen molar-refractivity contribution in [3.63, 3.8) is 0 Å². The summed E-state index contributed by atoms with van der Waals surface area (Å²) in [6.45, 7) is 4.35. The molecule has 0 atom stereocenters. The molecule has 29 heavy (non-hydrogen) atoms. The molecular formula is C22H23N3O4. The van der Waals surface area contributed by atoms with Gasteiger partial charge in [-0.15, -0.1) is 0 Å². The first-order valence-corrected chi connectivity index (χ1v) is 9.09. The van der Waals surface area contributed by atoms with Gasteiger partial charge in [0.05, 0.1) is 7.11 Å². The Balaban J connectivity index is 1.94. The van der Waals surface area contributed by atoms with Gasteiger partial charge in [0.1, 0.15) is 11.6 Å². The van der Waals surface area contributed by atoms with Gasteiger partial charge in [-0.3, -0.25) is 9.59 Å². The number of amides is 1. The average molecular weight is 393 g/mol. The third-order valence-electron chi connectivity index (χ3n) is 4.78. The Bertz CT molecular complexity index is 1120. The van der Waals surface area contributed by atoms with E-state index < -0.39 is 17.2 Å². The summed E-state index contributed by atoms with van der Waals surface area (Å²) in [5.41, 5.74) is 2.73. The maximum atomic E-state index is 12.9. The van der Waals surface area contributed by atoms with Gasteiger partial charge >= 0.3 is 0 Å². The summed E-state index contributed by atoms with van der Waals surface area (Å²) in [4.78, 5) is 33.3. The van der Waals surface area contributed by atoms with E-state index in [0.717, 1.165) is 11.1 Å². The molecule has 150 valence electrons. The molecule has 1 amide bonds. The lowest BCUT2D eigenvalue weighted by atomic mass is 10.1. The maximum Gasteiger partial charge on any atom is 0.294 e. The van der Waals surface area contributed by atoms with Gasteiger partial charge in [-0.2, -0.15) is 0 Å². The summed E-state index contributed by atoms with van der Waals surface area (Å²) in [6.07, 6.45) is 0. The lowest BCUT2D eigenvalue weighted by molar-refractivity contribution is 0.0775. The van der Waals surface area contributed by atoms with Gasteiger partial charge < -0.3 is 19.7 Å². The number of rotatable bonds is 5. The highest BCUT2D eigenvalue weighted by Crippen LogP contribution is 2.22. The van der Waals surface area contributed by atoms with Gasteiger partial charge in [-0.25, -0.2) is 4.98 Å². The van der Waals surface area contributed by atoms with Crippen molar-refractivity contribution in [3.8, 4) is 22.9 Å². The van der Waals surface area contributed by atoms with Crippen LogP contribution in [-0.4, -0.2) is 40.0 Å². The first-order chi connectivity index (χ1) is 13.8. The number of aromatic hydroxyl groups is 1. The molecule has 1 heterocycles. The van der Waals surface area contributed by atoms with Crippen molar-refractivity contribution in [2.24, 2.45) is 0 Å². The highest BCUT2D eigenvalue weighted by atomic mass is 16.5. The molecule has 0 aliphatic heterocycles. The minimum Gasteiger partial charge on any atom is -0.501 e. The number of carbonyl (C=O) groups excluding carboxylic acids is 1. The van der Waals surface area contributed by atoms with Crippen molar-refractivity contribution < 1.29 is 14.6 Å². The van der Waals surface area contributed by atoms with Crippen molar-refractivity contribution in [2.45, 2.75) is 20.4 Å². The van der Waals surface area contributed by atoms with Gasteiger partial charge in [-0.1, -0.05) is 30.3 Å². The lowest BCUT2D eigenvalue weighted by Gasteiger charge is -2.18. The first-order valence-electron chi connectivity index (χ1n) is 9.09. The molecule has 0 aliphatic rings. The monoisotopic (exact) mass is 393 g/mol. The van der Waals surface area contributed by atoms with Gasteiger partial charge in [0.25, 0.3) is 11.5 Å². The molecule has 0 bridgehead atoms. The van der Waals surface area contributed by atoms with Crippen molar-refractivity contribution >= 4 is 5.91 Å². The Labute approximate surface area is 168 Å². The zero-order chi connectivity index (χ0) is 21.1. The third-order valence-corrected chi connectivity index (χ3v) is 4.78. The molecule has 2 aromatic carbocycles. The standard InChI is InChI=1S/C22H23N3O4/c1-13-8-9-15(10-14(13)2)12-25(3)22(28)18-19(26)21(27)24-20(23-18)16-6-5-7-17(11-16)29-4/h5-11,26H,12H2,1-4H3,(H,23,24,27). The van der Waals surface area contributed by atoms with E-state index >= 15 is 0 Å². The largest absolute Gasteiger partial charge is 0.501 e. The van der Waals surface area contributed by atoms with E-state index in [9.17, 15) is 14.7 Å². The lowest BCUT2D eigenvalue weighted by Crippen LogP contribution is -2.29. The number of benzene rings is 2. The van der Waals surface area contributed by atoms with Crippen molar-refractivity contribution in [1.29, 1.82) is 0 Å². The Morgan fingerprint density at radius 1 is 1.17 bits per heavy atom. The van der Waals surface area contributed by atoms with E-state index in [0.29, 0.717) is 17.9 Å². The number of aromatic amines is 1. The molecule has 3 aromatic rings. The number of aromatic nitrogens is 2. The maximum absolute atomic E-state index is 12.9. The van der Waals surface area contributed by atoms with Gasteiger partial charge in [0, 0.05) is 19.2 Å². The number of hydrogen-bond acceptors (Lipinski definition) is 5. The fourth-order valence-corrected chi connectivity index (χ4v) is 2.95. The highest BCUT2D eigenvalue weighted by Gasteiger charge is 2.22. The molecule has 0 unspecified atom stereocenters. The van der Waals surface area contributed by atoms with E-state index in [-0.39, 0.29) is 11.5 Å². The van der Waals surface area contributed by atoms with Crippen LogP contribution in [0, 0.1) is 13.8 Å². The molecule has 3 rings (SSSR count). The number of nitrogens with one attached hydrogen (secondary N) is 1. The van der Waals surface area contributed by atoms with Crippen LogP contribution in [0.3, 0.4) is 0 Å². The smallest absolute Gasteiger partial charge is 0.294 e. The molecule has 7 nitrogen and oxygen atoms in total. The van der Waals surface area contributed by atoms with Gasteiger partial charge in [0.2, 0.25) is 5.75 Å². The minimum atomic E-state index is -0.777. The predicted molar refractivity (Wildman–Crippen MR) is 110 cm³/mol. The van der Waals surface area contributed by atoms with E-state index in [2.05, 4.69) is 9.97 Å². The van der Waals surface area contributed by atoms with Gasteiger partial charge in [-0.05, 0) is 42.7 Å². The van der Waals surface area contributed by atoms with Crippen LogP contribution >= 0.6 is 0 Å². The Morgan fingerprint density at radius 2 is 1.93 bits per heavy atom. The normalized spacial score (nSPS) is 10.6. The predicted octanol–water partition coefficient (Wildman–Crippen LogP) is 3.04. The number of aryl methyl sites for hydroxylation is 2. The number of methoxy groups -OCH3 is 1. The highest BCUT2D eigenvalue weighted by molar-refractivity contribution is 5.95. The van der Waals surface area contributed by atoms with Crippen molar-refractivity contribution in [3.05, 3.63) is 75.2 Å². The second-order valence-corrected chi connectivity index (χ2v) is 6.92. The molecule has 0 radical (unpaired) electrons. The number of H-pyrrole nitrogens is 1. The van der Waals surface area contributed by atoms with Crippen LogP contribution in [0.4, 0.5) is 0 Å². The van der Waals surface area contributed by atoms with Crippen molar-refractivity contribution in [2.75, 3.05) is 14.2 Å². The van der Waals surface area contributed by atoms with E-state index in [1.54, 1.807) is 31.3 Å². The van der Waals surface area contributed by atoms with Crippen LogP contribution in [0.2, 0.25) is 0 Å². The number of carbonyl (C=O) groups is 1. The fourth-order valence-electron chi connectivity index (χ4n) is 2.95. The van der Waals surface area contributed by atoms with E-state index in [4.69, 9.17) is 4.74 Å². The van der Waals surface area contributed by atoms with Gasteiger partial charge in [0.15, 0.2) is 5.69 Å². The quantitative estimate of drug-likeness (QED) is 0.695. The van der Waals surface area contributed by atoms with Crippen LogP contribution in [0.5, 0.6) is 11.5 Å². The van der Waals surface area contributed by atoms with Crippen LogP contribution in [-0.2, 0) is 6.54 Å². The Kier molecular flexibility index (Phi) is 5.68. The van der Waals surface area contributed by atoms with E-state index in [1.807, 2.05) is 32.0 Å². The Hall–Kier alpha value is -3.61. The van der Waals surface area contributed by atoms with Crippen LogP contribution in [0.15, 0.2) is 47.3 Å². The summed E-state index contributed by atoms with van der Waals surface area (Å²) >= 11 is 0. The summed E-state index contributed by atoms with van der Waals surface area (Å²) in [7, 11) is 3.13. The van der Waals surface area contributed by atoms with Crippen LogP contribution in [0.25, 0.3) is 11.4 Å². The molecular weight excluding hydrogens is 370 g/mol. The van der Waals surface area contributed by atoms with E-state index in [1.165, 1.54) is 17.6 Å². The van der Waals surface area contributed by atoms with Crippen molar-refractivity contribution in [1.82, 2.24) is 14.9 Å². The number of ether oxygens (including phenoxy) is 1. The molecule has 0 fully saturated rings. The minimum absolute atomic E-state index is 0.176. The molecule has 0 spiro atoms. The average Bonchev–Trinajstić information content (AvgIpc) is 2.72. The second-order valence-electron chi connectivity index (χ2n) is 6.92. The first kappa shape index (κ1) is 20.1. The second kappa shape index (κ2) is 8.18. The molecule has 2 N–H and O–H groups in total. The zero-order valence-electron chi connectivity index (χ0n) is 16.8. The SMILES string of the molecule is COc1cccc(-c2nc(C(=O)N(C)Cc3ccc(C)c(C)c3)c(O)c(=O)[nH]2)c1. The van der Waals surface area contributed by atoms with Crippen LogP contribution < -0.4 is 10.3 Å². The molecule has 0 saturated carbocycles. The summed E-state index contributed by atoms with van der Waals surface area (Å²) < 4.78 is 5.19. The number of hydrogen-bond donors (Lipinski definition) is 2.